The van der Waals surface area contributed by atoms with Gasteiger partial charge in [-0.25, -0.2) is 19.2 Å². The number of hydrogen-bond acceptors (Lipinski definition) is 10. The first-order valence-electron chi connectivity index (χ1n) is 11.3. The molecule has 0 unspecified atom stereocenters. The first-order valence-corrected chi connectivity index (χ1v) is 12.9. The lowest BCUT2D eigenvalue weighted by atomic mass is 9.98. The third-order valence-electron chi connectivity index (χ3n) is 6.22. The molecule has 0 bridgehead atoms. The molecule has 2 aromatic carbocycles. The molecule has 0 fully saturated rings. The highest BCUT2D eigenvalue weighted by Crippen LogP contribution is 2.49. The summed E-state index contributed by atoms with van der Waals surface area (Å²) in [6, 6.07) is 3.34. The quantitative estimate of drug-likeness (QED) is 0.201. The number of halogens is 2. The predicted octanol–water partition coefficient (Wildman–Crippen LogP) is 5.00. The molecule has 4 rings (SSSR count). The van der Waals surface area contributed by atoms with Crippen LogP contribution in [0.3, 0.4) is 0 Å². The van der Waals surface area contributed by atoms with E-state index in [1.165, 1.54) is 42.7 Å². The fraction of sp³-hybridized carbons (Fsp3) is 0.231. The topological polar surface area (TPSA) is 155 Å². The van der Waals surface area contributed by atoms with Gasteiger partial charge in [-0.3, -0.25) is 0 Å². The number of methoxy groups -OCH3 is 6. The molecule has 4 aromatic rings. The molecule has 14 heteroatoms. The van der Waals surface area contributed by atoms with Crippen molar-refractivity contribution in [3.63, 3.8) is 0 Å². The Kier molecular flexibility index (Phi) is 8.12. The van der Waals surface area contributed by atoms with Crippen LogP contribution >= 0.6 is 31.9 Å². The van der Waals surface area contributed by atoms with Crippen molar-refractivity contribution in [3.8, 4) is 22.6 Å². The summed E-state index contributed by atoms with van der Waals surface area (Å²) in [5.41, 5.74) is 1.18. The number of hydrogen-bond donors (Lipinski definition) is 2. The Balaban J connectivity index is 2.15. The summed E-state index contributed by atoms with van der Waals surface area (Å²) in [5.74, 6) is -2.61. The molecule has 210 valence electrons. The Hall–Kier alpha value is -4.04. The molecular weight excluding hydrogens is 660 g/mol. The normalized spacial score (nSPS) is 10.9. The van der Waals surface area contributed by atoms with E-state index in [1.807, 2.05) is 0 Å². The average molecular weight is 682 g/mol. The van der Waals surface area contributed by atoms with Crippen LogP contribution in [0.1, 0.15) is 41.7 Å². The first kappa shape index (κ1) is 29.0. The average Bonchev–Trinajstić information content (AvgIpc) is 3.56. The number of ether oxygens (including phenoxy) is 6. The summed E-state index contributed by atoms with van der Waals surface area (Å²) in [4.78, 5) is 56.4. The number of nitrogens with one attached hydrogen (secondary N) is 2. The number of esters is 4. The Morgan fingerprint density at radius 1 is 0.575 bits per heavy atom. The zero-order valence-electron chi connectivity index (χ0n) is 22.0. The standard InChI is InChI=1S/C26H22Br2N2O10/c1-35-21-9(7-11(27)13-15(23(31)37-3)19(25(33)39-5)29-17(13)21)10-8-12(28)14-16(24(32)38-4)20(26(34)40-6)30-18(14)22(10)36-2/h7-8,29-30H,1-6H3. The van der Waals surface area contributed by atoms with Crippen molar-refractivity contribution in [3.05, 3.63) is 43.6 Å². The molecular formula is C26H22Br2N2O10. The van der Waals surface area contributed by atoms with Crippen LogP contribution in [0.25, 0.3) is 32.9 Å². The molecule has 2 N–H and O–H groups in total. The van der Waals surface area contributed by atoms with E-state index in [-0.39, 0.29) is 34.0 Å². The monoisotopic (exact) mass is 680 g/mol. The lowest BCUT2D eigenvalue weighted by molar-refractivity contribution is 0.0553. The highest BCUT2D eigenvalue weighted by Gasteiger charge is 2.32. The van der Waals surface area contributed by atoms with Gasteiger partial charge in [-0.05, 0) is 12.1 Å². The van der Waals surface area contributed by atoms with Crippen LogP contribution in [-0.4, -0.2) is 76.5 Å². The highest BCUT2D eigenvalue weighted by atomic mass is 79.9. The van der Waals surface area contributed by atoms with E-state index in [0.717, 1.165) is 0 Å². The largest absolute Gasteiger partial charge is 0.494 e. The number of H-pyrrole nitrogens is 2. The highest BCUT2D eigenvalue weighted by molar-refractivity contribution is 9.11. The predicted molar refractivity (Wildman–Crippen MR) is 149 cm³/mol. The van der Waals surface area contributed by atoms with Gasteiger partial charge < -0.3 is 38.4 Å². The Morgan fingerprint density at radius 3 is 1.18 bits per heavy atom. The fourth-order valence-corrected chi connectivity index (χ4v) is 5.81. The fourth-order valence-electron chi connectivity index (χ4n) is 4.56. The summed E-state index contributed by atoms with van der Waals surface area (Å²) in [7, 11) is 7.60. The van der Waals surface area contributed by atoms with Crippen molar-refractivity contribution < 1.29 is 47.6 Å². The number of aromatic amines is 2. The zero-order chi connectivity index (χ0) is 29.5. The van der Waals surface area contributed by atoms with Gasteiger partial charge in [0.15, 0.2) is 11.5 Å². The molecule has 0 spiro atoms. The van der Waals surface area contributed by atoms with Crippen molar-refractivity contribution in [2.75, 3.05) is 42.7 Å². The second-order valence-electron chi connectivity index (χ2n) is 8.09. The summed E-state index contributed by atoms with van der Waals surface area (Å²) in [6.07, 6.45) is 0. The minimum Gasteiger partial charge on any atom is -0.494 e. The molecule has 2 aromatic heterocycles. The Labute approximate surface area is 243 Å². The lowest BCUT2D eigenvalue weighted by Gasteiger charge is -2.16. The second kappa shape index (κ2) is 11.2. The van der Waals surface area contributed by atoms with E-state index in [1.54, 1.807) is 12.1 Å². The van der Waals surface area contributed by atoms with Gasteiger partial charge in [0, 0.05) is 30.8 Å². The minimum atomic E-state index is -0.786. The number of benzene rings is 2. The Bertz CT molecular complexity index is 1590. The van der Waals surface area contributed by atoms with Gasteiger partial charge in [0.25, 0.3) is 0 Å². The number of fused-ring (bicyclic) bond motifs is 2. The SMILES string of the molecule is COC(=O)c1[nH]c2c(OC)c(-c3cc(Br)c4c(C(=O)OC)c(C(=O)OC)[nH]c4c3OC)cc(Br)c2c1C(=O)OC. The van der Waals surface area contributed by atoms with Crippen LogP contribution in [0.5, 0.6) is 11.5 Å². The zero-order valence-corrected chi connectivity index (χ0v) is 25.2. The molecule has 0 amide bonds. The van der Waals surface area contributed by atoms with Gasteiger partial charge in [-0.1, -0.05) is 31.9 Å². The maximum absolute atomic E-state index is 12.7. The van der Waals surface area contributed by atoms with Crippen molar-refractivity contribution >= 4 is 77.5 Å². The summed E-state index contributed by atoms with van der Waals surface area (Å²) in [5, 5.41) is 0.653. The van der Waals surface area contributed by atoms with E-state index in [2.05, 4.69) is 41.8 Å². The number of carbonyl (C=O) groups excluding carboxylic acids is 4. The number of rotatable bonds is 7. The summed E-state index contributed by atoms with van der Waals surface area (Å²) >= 11 is 7.02. The van der Waals surface area contributed by atoms with E-state index in [0.29, 0.717) is 41.9 Å². The van der Waals surface area contributed by atoms with E-state index < -0.39 is 23.9 Å². The van der Waals surface area contributed by atoms with Crippen molar-refractivity contribution in [2.45, 2.75) is 0 Å². The van der Waals surface area contributed by atoms with Gasteiger partial charge >= 0.3 is 23.9 Å². The lowest BCUT2D eigenvalue weighted by Crippen LogP contribution is -2.10. The third kappa shape index (κ3) is 4.36. The first-order chi connectivity index (χ1) is 19.1. The molecule has 0 aliphatic heterocycles. The molecule has 12 nitrogen and oxygen atoms in total. The van der Waals surface area contributed by atoms with Gasteiger partial charge in [0.2, 0.25) is 0 Å². The summed E-state index contributed by atoms with van der Waals surface area (Å²) in [6.45, 7) is 0. The molecule has 0 saturated heterocycles. The summed E-state index contributed by atoms with van der Waals surface area (Å²) < 4.78 is 31.9. The van der Waals surface area contributed by atoms with E-state index in [9.17, 15) is 19.2 Å². The maximum Gasteiger partial charge on any atom is 0.355 e. The molecule has 40 heavy (non-hydrogen) atoms. The van der Waals surface area contributed by atoms with Crippen LogP contribution in [0.2, 0.25) is 0 Å². The Morgan fingerprint density at radius 2 is 0.900 bits per heavy atom. The van der Waals surface area contributed by atoms with Crippen molar-refractivity contribution in [1.29, 1.82) is 0 Å². The van der Waals surface area contributed by atoms with Gasteiger partial charge in [0.05, 0.1) is 53.7 Å². The van der Waals surface area contributed by atoms with Crippen LogP contribution < -0.4 is 9.47 Å². The molecule has 0 atom stereocenters. The minimum absolute atomic E-state index is 0.0421. The van der Waals surface area contributed by atoms with E-state index in [4.69, 9.17) is 28.4 Å². The van der Waals surface area contributed by atoms with Crippen LogP contribution in [0.15, 0.2) is 21.1 Å². The van der Waals surface area contributed by atoms with Gasteiger partial charge in [-0.15, -0.1) is 0 Å². The van der Waals surface area contributed by atoms with Gasteiger partial charge in [0.1, 0.15) is 22.5 Å². The third-order valence-corrected chi connectivity index (χ3v) is 7.47. The van der Waals surface area contributed by atoms with Crippen molar-refractivity contribution in [2.24, 2.45) is 0 Å². The molecule has 0 saturated carbocycles. The number of aromatic nitrogens is 2. The molecule has 0 radical (unpaired) electrons. The molecule has 0 aliphatic carbocycles. The molecule has 2 heterocycles. The van der Waals surface area contributed by atoms with Gasteiger partial charge in [-0.2, -0.15) is 0 Å². The maximum atomic E-state index is 12.7. The van der Waals surface area contributed by atoms with E-state index >= 15 is 0 Å². The van der Waals surface area contributed by atoms with Crippen LogP contribution in [0, 0.1) is 0 Å². The number of carbonyl (C=O) groups is 4. The van der Waals surface area contributed by atoms with Crippen LogP contribution in [0.4, 0.5) is 0 Å². The van der Waals surface area contributed by atoms with Crippen molar-refractivity contribution in [1.82, 2.24) is 9.97 Å². The van der Waals surface area contributed by atoms with Crippen LogP contribution in [-0.2, 0) is 18.9 Å². The molecule has 0 aliphatic rings. The second-order valence-corrected chi connectivity index (χ2v) is 9.80. The smallest absolute Gasteiger partial charge is 0.355 e.